The van der Waals surface area contributed by atoms with Gasteiger partial charge in [-0.05, 0) is 61.3 Å². The molecule has 0 radical (unpaired) electrons. The second-order valence-corrected chi connectivity index (χ2v) is 12.4. The van der Waals surface area contributed by atoms with Crippen LogP contribution in [0.15, 0.2) is 0 Å². The fraction of sp³-hybridized carbons (Fsp3) is 1.00. The molecule has 8 nitrogen and oxygen atoms in total. The summed E-state index contributed by atoms with van der Waals surface area (Å²) in [7, 11) is -5.17. The van der Waals surface area contributed by atoms with E-state index in [2.05, 4.69) is 0 Å². The summed E-state index contributed by atoms with van der Waals surface area (Å²) in [6.07, 6.45) is 1.70. The van der Waals surface area contributed by atoms with Gasteiger partial charge in [0.2, 0.25) is 0 Å². The number of hydrogen-bond acceptors (Lipinski definition) is 8. The normalized spacial score (nSPS) is 13.6. The Morgan fingerprint density at radius 2 is 0.903 bits per heavy atom. The molecule has 10 heteroatoms. The van der Waals surface area contributed by atoms with Crippen LogP contribution in [-0.4, -0.2) is 83.2 Å². The summed E-state index contributed by atoms with van der Waals surface area (Å²) in [5, 5.41) is 0. The number of rotatable bonds is 23. The zero-order valence-electron chi connectivity index (χ0n) is 21.0. The van der Waals surface area contributed by atoms with Crippen molar-refractivity contribution < 1.29 is 36.0 Å². The molecule has 1 unspecified atom stereocenters. The summed E-state index contributed by atoms with van der Waals surface area (Å²) in [5.74, 6) is 0. The van der Waals surface area contributed by atoms with Crippen LogP contribution in [-0.2, 0) is 36.0 Å². The van der Waals surface area contributed by atoms with Crippen LogP contribution < -0.4 is 0 Å². The molecule has 0 spiro atoms. The van der Waals surface area contributed by atoms with E-state index in [0.717, 1.165) is 24.9 Å². The van der Waals surface area contributed by atoms with Gasteiger partial charge in [-0.25, -0.2) is 0 Å². The molecular weight excluding hydrogens is 436 g/mol. The van der Waals surface area contributed by atoms with E-state index in [1.807, 2.05) is 48.5 Å². The maximum absolute atomic E-state index is 5.90. The lowest BCUT2D eigenvalue weighted by atomic mass is 10.4. The van der Waals surface area contributed by atoms with Crippen molar-refractivity contribution in [3.63, 3.8) is 0 Å². The standard InChI is InChI=1S/C21H48O8Si2/c1-8-24-30(25-9-2,26-10-3)18-14-16-22-20-21(7)23-17-15-19-31(27-11-4,28-12-5)29-13-6/h21H,8-20H2,1-7H3. The van der Waals surface area contributed by atoms with Crippen molar-refractivity contribution in [2.45, 2.75) is 79.5 Å². The zero-order valence-corrected chi connectivity index (χ0v) is 23.0. The smallest absolute Gasteiger partial charge is 0.379 e. The fourth-order valence-corrected chi connectivity index (χ4v) is 8.42. The molecular formula is C21H48O8Si2. The van der Waals surface area contributed by atoms with Crippen molar-refractivity contribution in [1.29, 1.82) is 0 Å². The van der Waals surface area contributed by atoms with Crippen LogP contribution in [0.2, 0.25) is 12.1 Å². The summed E-state index contributed by atoms with van der Waals surface area (Å²) >= 11 is 0. The molecule has 0 saturated carbocycles. The van der Waals surface area contributed by atoms with Gasteiger partial charge in [0.15, 0.2) is 0 Å². The molecule has 0 amide bonds. The molecule has 31 heavy (non-hydrogen) atoms. The quantitative estimate of drug-likeness (QED) is 0.157. The molecule has 0 heterocycles. The Morgan fingerprint density at radius 3 is 1.26 bits per heavy atom. The Kier molecular flexibility index (Phi) is 19.6. The summed E-state index contributed by atoms with van der Waals surface area (Å²) in [4.78, 5) is 0. The van der Waals surface area contributed by atoms with Gasteiger partial charge in [-0.2, -0.15) is 0 Å². The third-order valence-corrected chi connectivity index (χ3v) is 10.6. The number of hydrogen-bond donors (Lipinski definition) is 0. The van der Waals surface area contributed by atoms with Gasteiger partial charge in [0.25, 0.3) is 0 Å². The average Bonchev–Trinajstić information content (AvgIpc) is 2.72. The first-order chi connectivity index (χ1) is 15.0. The second-order valence-electron chi connectivity index (χ2n) is 6.93. The average molecular weight is 485 g/mol. The highest BCUT2D eigenvalue weighted by molar-refractivity contribution is 6.61. The van der Waals surface area contributed by atoms with Crippen molar-refractivity contribution in [3.05, 3.63) is 0 Å². The van der Waals surface area contributed by atoms with Crippen molar-refractivity contribution in [3.8, 4) is 0 Å². The first-order valence-corrected chi connectivity index (χ1v) is 15.9. The van der Waals surface area contributed by atoms with Gasteiger partial charge < -0.3 is 36.0 Å². The highest BCUT2D eigenvalue weighted by Crippen LogP contribution is 2.19. The molecule has 0 aromatic carbocycles. The minimum Gasteiger partial charge on any atom is -0.379 e. The van der Waals surface area contributed by atoms with Crippen molar-refractivity contribution in [1.82, 2.24) is 0 Å². The van der Waals surface area contributed by atoms with Crippen LogP contribution in [0.3, 0.4) is 0 Å². The molecule has 0 aliphatic heterocycles. The minimum absolute atomic E-state index is 0.0232. The Hall–Kier alpha value is 0.114. The van der Waals surface area contributed by atoms with Crippen LogP contribution in [0.25, 0.3) is 0 Å². The van der Waals surface area contributed by atoms with E-state index in [0.29, 0.717) is 59.5 Å². The monoisotopic (exact) mass is 484 g/mol. The third-order valence-electron chi connectivity index (χ3n) is 4.34. The zero-order chi connectivity index (χ0) is 23.4. The Morgan fingerprint density at radius 1 is 0.548 bits per heavy atom. The first kappa shape index (κ1) is 31.1. The van der Waals surface area contributed by atoms with Gasteiger partial charge in [0.05, 0.1) is 12.7 Å². The lowest BCUT2D eigenvalue weighted by Gasteiger charge is -2.28. The Balaban J connectivity index is 4.16. The van der Waals surface area contributed by atoms with Crippen molar-refractivity contribution in [2.24, 2.45) is 0 Å². The molecule has 0 N–H and O–H groups in total. The summed E-state index contributed by atoms with van der Waals surface area (Å²) in [6, 6.07) is 1.52. The van der Waals surface area contributed by atoms with Crippen LogP contribution >= 0.6 is 0 Å². The van der Waals surface area contributed by atoms with Gasteiger partial charge in [0.1, 0.15) is 0 Å². The maximum Gasteiger partial charge on any atom is 0.501 e. The molecule has 0 aromatic rings. The van der Waals surface area contributed by atoms with Crippen LogP contribution in [0, 0.1) is 0 Å². The van der Waals surface area contributed by atoms with E-state index in [9.17, 15) is 0 Å². The van der Waals surface area contributed by atoms with Gasteiger partial charge in [-0.15, -0.1) is 0 Å². The van der Waals surface area contributed by atoms with E-state index < -0.39 is 17.6 Å². The highest BCUT2D eigenvalue weighted by Gasteiger charge is 2.40. The fourth-order valence-electron chi connectivity index (χ4n) is 3.26. The third kappa shape index (κ3) is 14.1. The van der Waals surface area contributed by atoms with Gasteiger partial charge >= 0.3 is 17.6 Å². The predicted molar refractivity (Wildman–Crippen MR) is 126 cm³/mol. The van der Waals surface area contributed by atoms with E-state index >= 15 is 0 Å². The molecule has 0 saturated heterocycles. The Bertz CT molecular complexity index is 370. The van der Waals surface area contributed by atoms with Gasteiger partial charge in [-0.1, -0.05) is 0 Å². The van der Waals surface area contributed by atoms with Crippen molar-refractivity contribution >= 4 is 17.6 Å². The van der Waals surface area contributed by atoms with Gasteiger partial charge in [0, 0.05) is 64.9 Å². The number of ether oxygens (including phenoxy) is 2. The van der Waals surface area contributed by atoms with E-state index in [-0.39, 0.29) is 6.10 Å². The van der Waals surface area contributed by atoms with Crippen LogP contribution in [0.1, 0.15) is 61.3 Å². The molecule has 0 aromatic heterocycles. The molecule has 188 valence electrons. The van der Waals surface area contributed by atoms with E-state index in [1.165, 1.54) is 0 Å². The molecule has 0 fully saturated rings. The maximum atomic E-state index is 5.90. The lowest BCUT2D eigenvalue weighted by molar-refractivity contribution is -0.00929. The Labute approximate surface area is 192 Å². The second kappa shape index (κ2) is 19.6. The molecule has 0 aliphatic carbocycles. The summed E-state index contributed by atoms with van der Waals surface area (Å²) in [6.45, 7) is 19.2. The predicted octanol–water partition coefficient (Wildman–Crippen LogP) is 4.29. The summed E-state index contributed by atoms with van der Waals surface area (Å²) in [5.41, 5.74) is 0. The topological polar surface area (TPSA) is 73.8 Å². The minimum atomic E-state index is -2.59. The molecule has 0 bridgehead atoms. The molecule has 0 aliphatic rings. The van der Waals surface area contributed by atoms with Crippen LogP contribution in [0.4, 0.5) is 0 Å². The van der Waals surface area contributed by atoms with Crippen LogP contribution in [0.5, 0.6) is 0 Å². The molecule has 1 atom stereocenters. The van der Waals surface area contributed by atoms with E-state index in [1.54, 1.807) is 0 Å². The molecule has 0 rings (SSSR count). The summed E-state index contributed by atoms with van der Waals surface area (Å²) < 4.78 is 46.9. The first-order valence-electron chi connectivity index (χ1n) is 12.0. The lowest BCUT2D eigenvalue weighted by Crippen LogP contribution is -2.46. The van der Waals surface area contributed by atoms with Crippen molar-refractivity contribution in [2.75, 3.05) is 59.5 Å². The van der Waals surface area contributed by atoms with Gasteiger partial charge in [-0.3, -0.25) is 0 Å². The SMILES string of the molecule is CCO[Si](CCCOCC(C)OCCC[Si](OCC)(OCC)OCC)(OCC)OCC. The highest BCUT2D eigenvalue weighted by atomic mass is 28.4. The largest absolute Gasteiger partial charge is 0.501 e. The van der Waals surface area contributed by atoms with E-state index in [4.69, 9.17) is 36.0 Å².